The molecule has 0 unspecified atom stereocenters. The van der Waals surface area contributed by atoms with Crippen LogP contribution in [0.25, 0.3) is 11.1 Å². The van der Waals surface area contributed by atoms with E-state index in [9.17, 15) is 17.2 Å². The second-order valence-corrected chi connectivity index (χ2v) is 6.61. The quantitative estimate of drug-likeness (QED) is 0.789. The van der Waals surface area contributed by atoms with Crippen LogP contribution >= 0.6 is 10.7 Å². The van der Waals surface area contributed by atoms with Gasteiger partial charge in [0.2, 0.25) is 0 Å². The van der Waals surface area contributed by atoms with Crippen molar-refractivity contribution in [1.82, 2.24) is 0 Å². The molecule has 0 radical (unpaired) electrons. The fourth-order valence-electron chi connectivity index (χ4n) is 1.78. The lowest BCUT2D eigenvalue weighted by Crippen LogP contribution is -1.93. The molecule has 0 saturated carbocycles. The van der Waals surface area contributed by atoms with Gasteiger partial charge in [0.15, 0.2) is 11.6 Å². The van der Waals surface area contributed by atoms with Crippen molar-refractivity contribution in [3.63, 3.8) is 0 Å². The molecular formula is C13H9ClF2O2S. The Morgan fingerprint density at radius 1 is 1.00 bits per heavy atom. The zero-order chi connectivity index (χ0) is 14.2. The molecule has 2 rings (SSSR count). The van der Waals surface area contributed by atoms with Crippen molar-refractivity contribution >= 4 is 19.7 Å². The van der Waals surface area contributed by atoms with Crippen molar-refractivity contribution in [1.29, 1.82) is 0 Å². The normalized spacial score (nSPS) is 11.6. The third-order valence-corrected chi connectivity index (χ3v) is 4.06. The zero-order valence-electron chi connectivity index (χ0n) is 9.82. The van der Waals surface area contributed by atoms with E-state index in [2.05, 4.69) is 0 Å². The summed E-state index contributed by atoms with van der Waals surface area (Å²) in [5, 5.41) is 0. The summed E-state index contributed by atoms with van der Waals surface area (Å²) in [5.41, 5.74) is 1.69. The van der Waals surface area contributed by atoms with Gasteiger partial charge in [-0.1, -0.05) is 12.1 Å². The minimum absolute atomic E-state index is 0.0296. The van der Waals surface area contributed by atoms with E-state index in [0.717, 1.165) is 12.1 Å². The SMILES string of the molecule is Cc1cc(S(=O)(=O)Cl)ccc1-c1ccc(F)c(F)c1. The van der Waals surface area contributed by atoms with Gasteiger partial charge in [0.1, 0.15) is 0 Å². The van der Waals surface area contributed by atoms with E-state index in [-0.39, 0.29) is 4.90 Å². The topological polar surface area (TPSA) is 34.1 Å². The minimum atomic E-state index is -3.80. The minimum Gasteiger partial charge on any atom is -0.207 e. The first kappa shape index (κ1) is 14.0. The molecule has 6 heteroatoms. The van der Waals surface area contributed by atoms with Crippen LogP contribution in [0.3, 0.4) is 0 Å². The summed E-state index contributed by atoms with van der Waals surface area (Å²) in [4.78, 5) is -0.0296. The number of aryl methyl sites for hydroxylation is 1. The van der Waals surface area contributed by atoms with Crippen LogP contribution in [0.4, 0.5) is 8.78 Å². The molecule has 2 aromatic rings. The first-order valence-corrected chi connectivity index (χ1v) is 7.61. The third kappa shape index (κ3) is 2.93. The van der Waals surface area contributed by atoms with Gasteiger partial charge < -0.3 is 0 Å². The Balaban J connectivity index is 2.55. The van der Waals surface area contributed by atoms with Crippen LogP contribution in [0.15, 0.2) is 41.3 Å². The van der Waals surface area contributed by atoms with Gasteiger partial charge in [-0.2, -0.15) is 0 Å². The van der Waals surface area contributed by atoms with Crippen molar-refractivity contribution in [3.05, 3.63) is 53.6 Å². The predicted molar refractivity (Wildman–Crippen MR) is 69.6 cm³/mol. The van der Waals surface area contributed by atoms with Gasteiger partial charge in [0.05, 0.1) is 4.90 Å². The van der Waals surface area contributed by atoms with Crippen molar-refractivity contribution in [2.45, 2.75) is 11.8 Å². The molecule has 0 fully saturated rings. The number of hydrogen-bond acceptors (Lipinski definition) is 2. The molecule has 0 aromatic heterocycles. The van der Waals surface area contributed by atoms with E-state index < -0.39 is 20.7 Å². The average Bonchev–Trinajstić information content (AvgIpc) is 2.31. The Bertz CT molecular complexity index is 742. The van der Waals surface area contributed by atoms with Gasteiger partial charge in [-0.3, -0.25) is 0 Å². The second-order valence-electron chi connectivity index (χ2n) is 4.04. The first-order valence-electron chi connectivity index (χ1n) is 5.30. The van der Waals surface area contributed by atoms with Gasteiger partial charge in [0.25, 0.3) is 9.05 Å². The number of hydrogen-bond donors (Lipinski definition) is 0. The fraction of sp³-hybridized carbons (Fsp3) is 0.0769. The third-order valence-electron chi connectivity index (χ3n) is 2.71. The smallest absolute Gasteiger partial charge is 0.207 e. The lowest BCUT2D eigenvalue weighted by molar-refractivity contribution is 0.509. The Morgan fingerprint density at radius 2 is 1.68 bits per heavy atom. The summed E-state index contributed by atoms with van der Waals surface area (Å²) in [6.45, 7) is 1.67. The summed E-state index contributed by atoms with van der Waals surface area (Å²) in [6.07, 6.45) is 0. The highest BCUT2D eigenvalue weighted by molar-refractivity contribution is 8.13. The summed E-state index contributed by atoms with van der Waals surface area (Å²) in [5.74, 6) is -1.88. The summed E-state index contributed by atoms with van der Waals surface area (Å²) < 4.78 is 48.4. The van der Waals surface area contributed by atoms with Gasteiger partial charge >= 0.3 is 0 Å². The van der Waals surface area contributed by atoms with Gasteiger partial charge in [-0.25, -0.2) is 17.2 Å². The molecule has 2 nitrogen and oxygen atoms in total. The molecule has 100 valence electrons. The molecule has 0 amide bonds. The molecule has 0 atom stereocenters. The molecule has 0 bridgehead atoms. The molecule has 0 spiro atoms. The van der Waals surface area contributed by atoms with Gasteiger partial charge in [-0.05, 0) is 47.9 Å². The van der Waals surface area contributed by atoms with Crippen LogP contribution in [0.2, 0.25) is 0 Å². The second kappa shape index (κ2) is 4.90. The number of halogens is 3. The molecule has 0 heterocycles. The maximum Gasteiger partial charge on any atom is 0.261 e. The van der Waals surface area contributed by atoms with Crippen LogP contribution in [0.5, 0.6) is 0 Å². The standard InChI is InChI=1S/C13H9ClF2O2S/c1-8-6-10(19(14,17)18)3-4-11(8)9-2-5-12(15)13(16)7-9/h2-7H,1H3. The van der Waals surface area contributed by atoms with E-state index >= 15 is 0 Å². The molecule has 19 heavy (non-hydrogen) atoms. The van der Waals surface area contributed by atoms with Crippen LogP contribution in [0, 0.1) is 18.6 Å². The van der Waals surface area contributed by atoms with Crippen LogP contribution < -0.4 is 0 Å². The Kier molecular flexibility index (Phi) is 3.60. The van der Waals surface area contributed by atoms with E-state index in [1.54, 1.807) is 6.92 Å². The Labute approximate surface area is 114 Å². The number of rotatable bonds is 2. The molecule has 0 saturated heterocycles. The highest BCUT2D eigenvalue weighted by Gasteiger charge is 2.13. The molecule has 0 N–H and O–H groups in total. The Hall–Kier alpha value is -1.46. The van der Waals surface area contributed by atoms with Crippen molar-refractivity contribution in [2.24, 2.45) is 0 Å². The Morgan fingerprint density at radius 3 is 2.21 bits per heavy atom. The van der Waals surface area contributed by atoms with Gasteiger partial charge in [0, 0.05) is 10.7 Å². The van der Waals surface area contributed by atoms with Crippen molar-refractivity contribution in [2.75, 3.05) is 0 Å². The van der Waals surface area contributed by atoms with Crippen LogP contribution in [-0.4, -0.2) is 8.42 Å². The predicted octanol–water partition coefficient (Wildman–Crippen LogP) is 3.87. The number of benzene rings is 2. The fourth-order valence-corrected chi connectivity index (χ4v) is 2.61. The van der Waals surface area contributed by atoms with Crippen molar-refractivity contribution < 1.29 is 17.2 Å². The van der Waals surface area contributed by atoms with E-state index in [1.807, 2.05) is 0 Å². The lowest BCUT2D eigenvalue weighted by atomic mass is 10.0. The van der Waals surface area contributed by atoms with Crippen LogP contribution in [0.1, 0.15) is 5.56 Å². The lowest BCUT2D eigenvalue weighted by Gasteiger charge is -2.08. The van der Waals surface area contributed by atoms with Gasteiger partial charge in [-0.15, -0.1) is 0 Å². The molecule has 2 aromatic carbocycles. The summed E-state index contributed by atoms with van der Waals surface area (Å²) in [7, 11) is 1.44. The highest BCUT2D eigenvalue weighted by atomic mass is 35.7. The van der Waals surface area contributed by atoms with E-state index in [0.29, 0.717) is 16.7 Å². The maximum absolute atomic E-state index is 13.2. The highest BCUT2D eigenvalue weighted by Crippen LogP contribution is 2.28. The molecule has 0 aliphatic carbocycles. The summed E-state index contributed by atoms with van der Waals surface area (Å²) in [6, 6.07) is 7.74. The van der Waals surface area contributed by atoms with Crippen molar-refractivity contribution in [3.8, 4) is 11.1 Å². The first-order chi connectivity index (χ1) is 8.79. The van der Waals surface area contributed by atoms with E-state index in [1.165, 1.54) is 24.3 Å². The average molecular weight is 303 g/mol. The molecular weight excluding hydrogens is 294 g/mol. The molecule has 0 aliphatic rings. The summed E-state index contributed by atoms with van der Waals surface area (Å²) >= 11 is 0. The maximum atomic E-state index is 13.2. The zero-order valence-corrected chi connectivity index (χ0v) is 11.4. The van der Waals surface area contributed by atoms with Crippen LogP contribution in [-0.2, 0) is 9.05 Å². The molecule has 0 aliphatic heterocycles. The monoisotopic (exact) mass is 302 g/mol. The van der Waals surface area contributed by atoms with E-state index in [4.69, 9.17) is 10.7 Å². The largest absolute Gasteiger partial charge is 0.261 e.